The van der Waals surface area contributed by atoms with Crippen LogP contribution in [0, 0.1) is 11.7 Å². The van der Waals surface area contributed by atoms with Crippen LogP contribution in [-0.2, 0) is 12.8 Å². The molecule has 0 amide bonds. The van der Waals surface area contributed by atoms with E-state index in [2.05, 4.69) is 22.8 Å². The van der Waals surface area contributed by atoms with Crippen LogP contribution in [-0.4, -0.2) is 13.6 Å². The second-order valence-corrected chi connectivity index (χ2v) is 5.53. The van der Waals surface area contributed by atoms with Crippen molar-refractivity contribution < 1.29 is 4.39 Å². The van der Waals surface area contributed by atoms with E-state index < -0.39 is 0 Å². The average molecular weight is 263 g/mol. The topological polar surface area (TPSA) is 12.0 Å². The fourth-order valence-electron chi connectivity index (χ4n) is 2.19. The van der Waals surface area contributed by atoms with E-state index in [1.54, 1.807) is 17.4 Å². The molecular formula is C15H18FNS. The molecule has 1 heterocycles. The van der Waals surface area contributed by atoms with Crippen LogP contribution in [0.4, 0.5) is 4.39 Å². The number of nitrogens with one attached hydrogen (secondary N) is 1. The summed E-state index contributed by atoms with van der Waals surface area (Å²) in [6.07, 6.45) is 1.79. The number of hydrogen-bond donors (Lipinski definition) is 1. The smallest absolute Gasteiger partial charge is 0.126 e. The standard InChI is InChI=1S/C15H18FNS/c1-17-11-12(10-14-6-4-8-18-14)9-13-5-2-3-7-15(13)16/h2-8,12,17H,9-11H2,1H3. The Morgan fingerprint density at radius 3 is 2.67 bits per heavy atom. The van der Waals surface area contributed by atoms with Crippen LogP contribution in [0.3, 0.4) is 0 Å². The molecule has 1 aromatic carbocycles. The van der Waals surface area contributed by atoms with E-state index in [1.165, 1.54) is 10.9 Å². The van der Waals surface area contributed by atoms with Gasteiger partial charge in [0, 0.05) is 4.88 Å². The lowest BCUT2D eigenvalue weighted by Gasteiger charge is -2.16. The van der Waals surface area contributed by atoms with Crippen molar-refractivity contribution in [3.05, 3.63) is 58.0 Å². The molecule has 0 saturated carbocycles. The maximum Gasteiger partial charge on any atom is 0.126 e. The van der Waals surface area contributed by atoms with Crippen molar-refractivity contribution in [2.24, 2.45) is 5.92 Å². The van der Waals surface area contributed by atoms with Gasteiger partial charge in [0.2, 0.25) is 0 Å². The molecule has 0 radical (unpaired) electrons. The minimum atomic E-state index is -0.0928. The van der Waals surface area contributed by atoms with Gasteiger partial charge in [0.25, 0.3) is 0 Å². The van der Waals surface area contributed by atoms with Gasteiger partial charge >= 0.3 is 0 Å². The molecule has 3 heteroatoms. The van der Waals surface area contributed by atoms with Crippen LogP contribution >= 0.6 is 11.3 Å². The summed E-state index contributed by atoms with van der Waals surface area (Å²) >= 11 is 1.77. The van der Waals surface area contributed by atoms with Gasteiger partial charge in [0.05, 0.1) is 0 Å². The normalized spacial score (nSPS) is 12.6. The number of rotatable bonds is 6. The van der Waals surface area contributed by atoms with Gasteiger partial charge in [-0.2, -0.15) is 0 Å². The summed E-state index contributed by atoms with van der Waals surface area (Å²) < 4.78 is 13.7. The van der Waals surface area contributed by atoms with Crippen molar-refractivity contribution in [1.29, 1.82) is 0 Å². The number of halogens is 1. The summed E-state index contributed by atoms with van der Waals surface area (Å²) in [7, 11) is 1.95. The first-order chi connectivity index (χ1) is 8.79. The van der Waals surface area contributed by atoms with Crippen LogP contribution in [0.25, 0.3) is 0 Å². The highest BCUT2D eigenvalue weighted by Crippen LogP contribution is 2.19. The largest absolute Gasteiger partial charge is 0.319 e. The Hall–Kier alpha value is -1.19. The molecule has 2 aromatic rings. The van der Waals surface area contributed by atoms with Gasteiger partial charge in [-0.05, 0) is 55.4 Å². The van der Waals surface area contributed by atoms with Gasteiger partial charge in [-0.25, -0.2) is 4.39 Å². The lowest BCUT2D eigenvalue weighted by Crippen LogP contribution is -2.22. The molecule has 0 aliphatic carbocycles. The third-order valence-electron chi connectivity index (χ3n) is 3.03. The first kappa shape index (κ1) is 13.2. The Balaban J connectivity index is 2.04. The molecule has 1 atom stereocenters. The average Bonchev–Trinajstić information content (AvgIpc) is 2.85. The summed E-state index contributed by atoms with van der Waals surface area (Å²) in [6, 6.07) is 11.3. The summed E-state index contributed by atoms with van der Waals surface area (Å²) in [4.78, 5) is 1.37. The molecule has 0 aliphatic rings. The highest BCUT2D eigenvalue weighted by Gasteiger charge is 2.12. The predicted octanol–water partition coefficient (Wildman–Crippen LogP) is 3.51. The summed E-state index contributed by atoms with van der Waals surface area (Å²) in [5.74, 6) is 0.343. The van der Waals surface area contributed by atoms with Crippen molar-refractivity contribution in [3.63, 3.8) is 0 Å². The Labute approximate surface area is 112 Å². The highest BCUT2D eigenvalue weighted by atomic mass is 32.1. The van der Waals surface area contributed by atoms with Crippen LogP contribution in [0.15, 0.2) is 41.8 Å². The molecule has 1 aromatic heterocycles. The second-order valence-electron chi connectivity index (χ2n) is 4.50. The zero-order chi connectivity index (χ0) is 12.8. The van der Waals surface area contributed by atoms with Gasteiger partial charge in [0.15, 0.2) is 0 Å². The van der Waals surface area contributed by atoms with Crippen LogP contribution in [0.5, 0.6) is 0 Å². The van der Waals surface area contributed by atoms with Gasteiger partial charge in [0.1, 0.15) is 5.82 Å². The molecule has 0 bridgehead atoms. The van der Waals surface area contributed by atoms with Gasteiger partial charge in [-0.3, -0.25) is 0 Å². The van der Waals surface area contributed by atoms with Crippen LogP contribution in [0.2, 0.25) is 0 Å². The van der Waals surface area contributed by atoms with E-state index in [1.807, 2.05) is 19.2 Å². The molecule has 1 unspecified atom stereocenters. The lowest BCUT2D eigenvalue weighted by molar-refractivity contribution is 0.482. The van der Waals surface area contributed by atoms with Gasteiger partial charge in [-0.1, -0.05) is 24.3 Å². The van der Waals surface area contributed by atoms with E-state index in [-0.39, 0.29) is 5.82 Å². The fraction of sp³-hybridized carbons (Fsp3) is 0.333. The van der Waals surface area contributed by atoms with Crippen molar-refractivity contribution in [3.8, 4) is 0 Å². The monoisotopic (exact) mass is 263 g/mol. The molecule has 1 nitrogen and oxygen atoms in total. The molecule has 0 fully saturated rings. The SMILES string of the molecule is CNCC(Cc1cccs1)Cc1ccccc1F. The molecule has 0 saturated heterocycles. The summed E-state index contributed by atoms with van der Waals surface area (Å²) in [6.45, 7) is 0.909. The maximum atomic E-state index is 13.7. The Morgan fingerprint density at radius 1 is 1.17 bits per heavy atom. The molecule has 1 N–H and O–H groups in total. The first-order valence-electron chi connectivity index (χ1n) is 6.20. The van der Waals surface area contributed by atoms with E-state index in [0.717, 1.165) is 24.9 Å². The van der Waals surface area contributed by atoms with E-state index in [4.69, 9.17) is 0 Å². The van der Waals surface area contributed by atoms with Crippen molar-refractivity contribution in [1.82, 2.24) is 5.32 Å². The van der Waals surface area contributed by atoms with E-state index in [9.17, 15) is 4.39 Å². The third kappa shape index (κ3) is 3.65. The van der Waals surface area contributed by atoms with Crippen molar-refractivity contribution >= 4 is 11.3 Å². The van der Waals surface area contributed by atoms with Crippen LogP contribution < -0.4 is 5.32 Å². The van der Waals surface area contributed by atoms with Gasteiger partial charge in [-0.15, -0.1) is 11.3 Å². The summed E-state index contributed by atoms with van der Waals surface area (Å²) in [5, 5.41) is 5.29. The fourth-order valence-corrected chi connectivity index (χ4v) is 3.01. The molecule has 2 rings (SSSR count). The number of thiophene rings is 1. The maximum absolute atomic E-state index is 13.7. The Kier molecular flexibility index (Phi) is 4.90. The first-order valence-corrected chi connectivity index (χ1v) is 7.08. The zero-order valence-electron chi connectivity index (χ0n) is 10.5. The quantitative estimate of drug-likeness (QED) is 0.841. The Morgan fingerprint density at radius 2 is 2.00 bits per heavy atom. The summed E-state index contributed by atoms with van der Waals surface area (Å²) in [5.41, 5.74) is 0.814. The zero-order valence-corrected chi connectivity index (χ0v) is 11.3. The van der Waals surface area contributed by atoms with Crippen LogP contribution in [0.1, 0.15) is 10.4 Å². The van der Waals surface area contributed by atoms with Crippen molar-refractivity contribution in [2.75, 3.05) is 13.6 Å². The molecule has 0 spiro atoms. The van der Waals surface area contributed by atoms with Crippen molar-refractivity contribution in [2.45, 2.75) is 12.8 Å². The molecular weight excluding hydrogens is 245 g/mol. The Bertz CT molecular complexity index is 467. The highest BCUT2D eigenvalue weighted by molar-refractivity contribution is 7.09. The molecule has 18 heavy (non-hydrogen) atoms. The predicted molar refractivity (Wildman–Crippen MR) is 75.5 cm³/mol. The molecule has 0 aliphatic heterocycles. The minimum absolute atomic E-state index is 0.0928. The third-order valence-corrected chi connectivity index (χ3v) is 3.93. The molecule has 96 valence electrons. The lowest BCUT2D eigenvalue weighted by atomic mass is 9.95. The van der Waals surface area contributed by atoms with Gasteiger partial charge < -0.3 is 5.32 Å². The number of hydrogen-bond acceptors (Lipinski definition) is 2. The van der Waals surface area contributed by atoms with E-state index in [0.29, 0.717) is 5.92 Å². The second kappa shape index (κ2) is 6.66. The van der Waals surface area contributed by atoms with E-state index >= 15 is 0 Å². The minimum Gasteiger partial charge on any atom is -0.319 e. The number of benzene rings is 1.